The maximum atomic E-state index is 12.5. The van der Waals surface area contributed by atoms with Crippen molar-refractivity contribution >= 4 is 5.82 Å². The van der Waals surface area contributed by atoms with E-state index >= 15 is 0 Å². The Kier molecular flexibility index (Phi) is 6.11. The number of anilines is 1. The van der Waals surface area contributed by atoms with E-state index in [1.54, 1.807) is 12.1 Å². The quantitative estimate of drug-likeness (QED) is 0.795. The van der Waals surface area contributed by atoms with Crippen LogP contribution in [0.25, 0.3) is 0 Å². The highest BCUT2D eigenvalue weighted by molar-refractivity contribution is 5.43. The number of hydrogen-bond donors (Lipinski definition) is 2. The van der Waals surface area contributed by atoms with Gasteiger partial charge in [-0.1, -0.05) is 13.8 Å². The summed E-state index contributed by atoms with van der Waals surface area (Å²) in [5, 5.41) is 18.2. The molecule has 0 radical (unpaired) electrons. The molecule has 0 aliphatic carbocycles. The lowest BCUT2D eigenvalue weighted by Crippen LogP contribution is -2.32. The van der Waals surface area contributed by atoms with Crippen LogP contribution in [0.4, 0.5) is 14.6 Å². The van der Waals surface area contributed by atoms with Gasteiger partial charge in [0.25, 0.3) is 6.43 Å². The van der Waals surface area contributed by atoms with Gasteiger partial charge in [0.1, 0.15) is 5.82 Å². The lowest BCUT2D eigenvalue weighted by Gasteiger charge is -2.24. The molecule has 108 valence electrons. The first-order chi connectivity index (χ1) is 8.97. The molecule has 0 spiro atoms. The van der Waals surface area contributed by atoms with Crippen LogP contribution in [0.5, 0.6) is 0 Å². The zero-order valence-corrected chi connectivity index (χ0v) is 11.2. The highest BCUT2D eigenvalue weighted by atomic mass is 19.3. The SMILES string of the molecule is CC(C)c1cc(CO)cc(N(CCO)CC(F)F)n1. The summed E-state index contributed by atoms with van der Waals surface area (Å²) in [6.45, 7) is 3.09. The molecule has 1 aromatic heterocycles. The first kappa shape index (κ1) is 15.8. The molecule has 4 nitrogen and oxygen atoms in total. The Morgan fingerprint density at radius 1 is 1.26 bits per heavy atom. The Bertz CT molecular complexity index is 400. The molecule has 2 N–H and O–H groups in total. The smallest absolute Gasteiger partial charge is 0.255 e. The summed E-state index contributed by atoms with van der Waals surface area (Å²) in [7, 11) is 0. The minimum atomic E-state index is -2.51. The molecular formula is C13H20F2N2O2. The molecule has 0 unspecified atom stereocenters. The normalized spacial score (nSPS) is 11.4. The average Bonchev–Trinajstić information content (AvgIpc) is 2.37. The molecule has 1 rings (SSSR count). The van der Waals surface area contributed by atoms with Crippen LogP contribution in [0.3, 0.4) is 0 Å². The summed E-state index contributed by atoms with van der Waals surface area (Å²) in [6.07, 6.45) is -2.51. The van der Waals surface area contributed by atoms with Gasteiger partial charge in [0.15, 0.2) is 0 Å². The number of hydrogen-bond acceptors (Lipinski definition) is 4. The Labute approximate surface area is 111 Å². The molecule has 0 aliphatic heterocycles. The average molecular weight is 274 g/mol. The van der Waals surface area contributed by atoms with Gasteiger partial charge >= 0.3 is 0 Å². The number of pyridine rings is 1. The van der Waals surface area contributed by atoms with Gasteiger partial charge in [0.05, 0.1) is 19.8 Å². The van der Waals surface area contributed by atoms with Gasteiger partial charge in [0, 0.05) is 12.2 Å². The van der Waals surface area contributed by atoms with Crippen LogP contribution >= 0.6 is 0 Å². The summed E-state index contributed by atoms with van der Waals surface area (Å²) in [6, 6.07) is 3.33. The van der Waals surface area contributed by atoms with Gasteiger partial charge in [-0.3, -0.25) is 0 Å². The van der Waals surface area contributed by atoms with E-state index < -0.39 is 13.0 Å². The van der Waals surface area contributed by atoms with Crippen molar-refractivity contribution in [2.75, 3.05) is 24.6 Å². The second-order valence-electron chi connectivity index (χ2n) is 4.63. The lowest BCUT2D eigenvalue weighted by molar-refractivity contribution is 0.152. The van der Waals surface area contributed by atoms with E-state index in [0.717, 1.165) is 5.69 Å². The molecule has 0 fully saturated rings. The molecule has 6 heteroatoms. The minimum absolute atomic E-state index is 0.0871. The Balaban J connectivity index is 3.09. The van der Waals surface area contributed by atoms with E-state index in [9.17, 15) is 13.9 Å². The Morgan fingerprint density at radius 2 is 1.95 bits per heavy atom. The van der Waals surface area contributed by atoms with Crippen molar-refractivity contribution in [1.82, 2.24) is 4.98 Å². The zero-order chi connectivity index (χ0) is 14.4. The van der Waals surface area contributed by atoms with Gasteiger partial charge in [0.2, 0.25) is 0 Å². The predicted octanol–water partition coefficient (Wildman–Crippen LogP) is 1.76. The van der Waals surface area contributed by atoms with Crippen LogP contribution in [-0.2, 0) is 6.61 Å². The fraction of sp³-hybridized carbons (Fsp3) is 0.615. The number of aliphatic hydroxyl groups is 2. The molecule has 0 saturated heterocycles. The second-order valence-corrected chi connectivity index (χ2v) is 4.63. The number of aromatic nitrogens is 1. The topological polar surface area (TPSA) is 56.6 Å². The molecule has 0 bridgehead atoms. The van der Waals surface area contributed by atoms with Crippen molar-refractivity contribution in [3.8, 4) is 0 Å². The summed E-state index contributed by atoms with van der Waals surface area (Å²) in [5.41, 5.74) is 1.37. The van der Waals surface area contributed by atoms with Crippen LogP contribution in [0.15, 0.2) is 12.1 Å². The second kappa shape index (κ2) is 7.35. The van der Waals surface area contributed by atoms with E-state index in [1.807, 2.05) is 13.8 Å². The third-order valence-corrected chi connectivity index (χ3v) is 2.72. The molecule has 0 amide bonds. The van der Waals surface area contributed by atoms with Gasteiger partial charge in [-0.25, -0.2) is 13.8 Å². The fourth-order valence-electron chi connectivity index (χ4n) is 1.73. The number of rotatable bonds is 7. The van der Waals surface area contributed by atoms with Crippen molar-refractivity contribution in [2.24, 2.45) is 0 Å². The maximum absolute atomic E-state index is 12.5. The molecule has 19 heavy (non-hydrogen) atoms. The number of aliphatic hydroxyl groups excluding tert-OH is 2. The maximum Gasteiger partial charge on any atom is 0.255 e. The highest BCUT2D eigenvalue weighted by Gasteiger charge is 2.16. The molecule has 0 atom stereocenters. The molecule has 1 aromatic rings. The summed E-state index contributed by atoms with van der Waals surface area (Å²) in [5.74, 6) is 0.498. The Hall–Kier alpha value is -1.27. The van der Waals surface area contributed by atoms with Crippen LogP contribution < -0.4 is 4.90 Å². The van der Waals surface area contributed by atoms with Crippen molar-refractivity contribution in [3.05, 3.63) is 23.4 Å². The van der Waals surface area contributed by atoms with E-state index in [4.69, 9.17) is 5.11 Å². The molecule has 1 heterocycles. The lowest BCUT2D eigenvalue weighted by atomic mass is 10.1. The first-order valence-electron chi connectivity index (χ1n) is 6.23. The van der Waals surface area contributed by atoms with E-state index in [-0.39, 0.29) is 25.7 Å². The number of nitrogens with zero attached hydrogens (tertiary/aromatic N) is 2. The summed E-state index contributed by atoms with van der Waals surface area (Å²) >= 11 is 0. The standard InChI is InChI=1S/C13H20F2N2O2/c1-9(2)11-5-10(8-19)6-13(16-11)17(3-4-18)7-12(14)15/h5-6,9,12,18-19H,3-4,7-8H2,1-2H3. The highest BCUT2D eigenvalue weighted by Crippen LogP contribution is 2.21. The third-order valence-electron chi connectivity index (χ3n) is 2.72. The zero-order valence-electron chi connectivity index (χ0n) is 11.2. The van der Waals surface area contributed by atoms with E-state index in [1.165, 1.54) is 4.90 Å². The minimum Gasteiger partial charge on any atom is -0.395 e. The molecule has 0 aliphatic rings. The van der Waals surface area contributed by atoms with E-state index in [0.29, 0.717) is 11.4 Å². The van der Waals surface area contributed by atoms with Crippen molar-refractivity contribution in [1.29, 1.82) is 0 Å². The monoisotopic (exact) mass is 274 g/mol. The molecule has 0 aromatic carbocycles. The Morgan fingerprint density at radius 3 is 2.42 bits per heavy atom. The summed E-state index contributed by atoms with van der Waals surface area (Å²) < 4.78 is 25.1. The molecular weight excluding hydrogens is 254 g/mol. The van der Waals surface area contributed by atoms with Crippen LogP contribution in [-0.4, -0.2) is 41.3 Å². The summed E-state index contributed by atoms with van der Waals surface area (Å²) in [4.78, 5) is 5.65. The van der Waals surface area contributed by atoms with Gasteiger partial charge < -0.3 is 15.1 Å². The fourth-order valence-corrected chi connectivity index (χ4v) is 1.73. The van der Waals surface area contributed by atoms with Crippen LogP contribution in [0.1, 0.15) is 31.0 Å². The van der Waals surface area contributed by atoms with Crippen molar-refractivity contribution < 1.29 is 19.0 Å². The van der Waals surface area contributed by atoms with Crippen LogP contribution in [0, 0.1) is 0 Å². The van der Waals surface area contributed by atoms with Gasteiger partial charge in [-0.05, 0) is 23.6 Å². The first-order valence-corrected chi connectivity index (χ1v) is 6.23. The van der Waals surface area contributed by atoms with Gasteiger partial charge in [-0.2, -0.15) is 0 Å². The van der Waals surface area contributed by atoms with Crippen LogP contribution in [0.2, 0.25) is 0 Å². The number of alkyl halides is 2. The van der Waals surface area contributed by atoms with Crippen molar-refractivity contribution in [2.45, 2.75) is 32.8 Å². The third kappa shape index (κ3) is 4.72. The number of halogens is 2. The predicted molar refractivity (Wildman–Crippen MR) is 69.6 cm³/mol. The molecule has 0 saturated carbocycles. The van der Waals surface area contributed by atoms with Crippen molar-refractivity contribution in [3.63, 3.8) is 0 Å². The largest absolute Gasteiger partial charge is 0.395 e. The van der Waals surface area contributed by atoms with E-state index in [2.05, 4.69) is 4.98 Å². The van der Waals surface area contributed by atoms with Gasteiger partial charge in [-0.15, -0.1) is 0 Å².